The van der Waals surface area contributed by atoms with Crippen LogP contribution >= 0.6 is 0 Å². The number of fused-ring (bicyclic) bond motifs is 1. The Morgan fingerprint density at radius 3 is 2.67 bits per heavy atom. The third-order valence-corrected chi connectivity index (χ3v) is 6.03. The van der Waals surface area contributed by atoms with Gasteiger partial charge in [-0.15, -0.1) is 0 Å². The van der Waals surface area contributed by atoms with E-state index in [2.05, 4.69) is 34.6 Å². The van der Waals surface area contributed by atoms with Gasteiger partial charge in [-0.3, -0.25) is 9.69 Å². The van der Waals surface area contributed by atoms with Gasteiger partial charge >= 0.3 is 0 Å². The summed E-state index contributed by atoms with van der Waals surface area (Å²) in [6.45, 7) is 10.3. The van der Waals surface area contributed by atoms with Gasteiger partial charge in [0, 0.05) is 38.3 Å². The molecule has 3 aromatic rings. The van der Waals surface area contributed by atoms with Crippen LogP contribution in [0.15, 0.2) is 42.5 Å². The lowest BCUT2D eigenvalue weighted by atomic mass is 10.2. The van der Waals surface area contributed by atoms with E-state index in [-0.39, 0.29) is 5.91 Å². The molecule has 0 bridgehead atoms. The highest BCUT2D eigenvalue weighted by Gasteiger charge is 2.20. The van der Waals surface area contributed by atoms with Crippen molar-refractivity contribution < 1.29 is 13.9 Å². The first kappa shape index (κ1) is 23.4. The van der Waals surface area contributed by atoms with Gasteiger partial charge in [-0.05, 0) is 48.7 Å². The summed E-state index contributed by atoms with van der Waals surface area (Å²) in [5.41, 5.74) is 3.65. The molecule has 0 saturated carbocycles. The van der Waals surface area contributed by atoms with Crippen molar-refractivity contribution in [1.82, 2.24) is 19.4 Å². The lowest BCUT2D eigenvalue weighted by molar-refractivity contribution is 0.0342. The molecule has 2 heterocycles. The predicted molar refractivity (Wildman–Crippen MR) is 128 cm³/mol. The highest BCUT2D eigenvalue weighted by atomic mass is 19.1. The van der Waals surface area contributed by atoms with Crippen LogP contribution in [-0.2, 0) is 24.4 Å². The number of halogens is 1. The molecule has 1 aromatic heterocycles. The van der Waals surface area contributed by atoms with Crippen molar-refractivity contribution in [3.63, 3.8) is 0 Å². The summed E-state index contributed by atoms with van der Waals surface area (Å²) in [7, 11) is 0. The molecule has 0 spiro atoms. The number of amides is 1. The SMILES string of the molecule is CCCN(Cc1nc2cc(CN3CCOCC3)ccc2n1CCC)C(=O)c1cccc(F)c1. The Morgan fingerprint density at radius 1 is 1.12 bits per heavy atom. The van der Waals surface area contributed by atoms with Crippen molar-refractivity contribution in [2.24, 2.45) is 0 Å². The largest absolute Gasteiger partial charge is 0.379 e. The first-order chi connectivity index (χ1) is 16.1. The molecule has 0 unspecified atom stereocenters. The maximum Gasteiger partial charge on any atom is 0.254 e. The number of carbonyl (C=O) groups is 1. The number of aromatic nitrogens is 2. The van der Waals surface area contributed by atoms with Crippen LogP contribution in [0.2, 0.25) is 0 Å². The minimum absolute atomic E-state index is 0.167. The quantitative estimate of drug-likeness (QED) is 0.481. The zero-order chi connectivity index (χ0) is 23.2. The molecule has 1 saturated heterocycles. The number of morpholine rings is 1. The number of nitrogens with zero attached hydrogens (tertiary/aromatic N) is 4. The fourth-order valence-corrected chi connectivity index (χ4v) is 4.43. The van der Waals surface area contributed by atoms with Gasteiger partial charge in [-0.1, -0.05) is 26.0 Å². The van der Waals surface area contributed by atoms with Crippen LogP contribution in [0.5, 0.6) is 0 Å². The average molecular weight is 453 g/mol. The Hall–Kier alpha value is -2.77. The Kier molecular flexibility index (Phi) is 7.73. The molecule has 7 heteroatoms. The smallest absolute Gasteiger partial charge is 0.254 e. The van der Waals surface area contributed by atoms with Crippen molar-refractivity contribution in [1.29, 1.82) is 0 Å². The standard InChI is InChI=1S/C26H33FN4O2/c1-3-10-30(26(32)21-6-5-7-22(27)17-21)19-25-28-23-16-20(18-29-12-14-33-15-13-29)8-9-24(23)31(25)11-4-2/h5-9,16-17H,3-4,10-15,18-19H2,1-2H3. The zero-order valence-electron chi connectivity index (χ0n) is 19.6. The highest BCUT2D eigenvalue weighted by Crippen LogP contribution is 2.22. The van der Waals surface area contributed by atoms with E-state index in [1.54, 1.807) is 17.0 Å². The van der Waals surface area contributed by atoms with Gasteiger partial charge in [-0.25, -0.2) is 9.37 Å². The van der Waals surface area contributed by atoms with Gasteiger partial charge in [0.1, 0.15) is 11.6 Å². The molecule has 0 aliphatic carbocycles. The van der Waals surface area contributed by atoms with Gasteiger partial charge < -0.3 is 14.2 Å². The van der Waals surface area contributed by atoms with E-state index in [0.29, 0.717) is 18.7 Å². The van der Waals surface area contributed by atoms with Crippen LogP contribution in [0.1, 0.15) is 48.4 Å². The second-order valence-electron chi connectivity index (χ2n) is 8.63. The predicted octanol–water partition coefficient (Wildman–Crippen LogP) is 4.47. The molecule has 33 heavy (non-hydrogen) atoms. The third kappa shape index (κ3) is 5.60. The second kappa shape index (κ2) is 10.9. The van der Waals surface area contributed by atoms with Gasteiger partial charge in [-0.2, -0.15) is 0 Å². The Labute approximate surface area is 195 Å². The van der Waals surface area contributed by atoms with E-state index in [4.69, 9.17) is 9.72 Å². The summed E-state index contributed by atoms with van der Waals surface area (Å²) >= 11 is 0. The summed E-state index contributed by atoms with van der Waals surface area (Å²) < 4.78 is 21.4. The number of benzene rings is 2. The van der Waals surface area contributed by atoms with Crippen molar-refractivity contribution in [3.05, 3.63) is 65.2 Å². The van der Waals surface area contributed by atoms with Crippen LogP contribution < -0.4 is 0 Å². The van der Waals surface area contributed by atoms with E-state index in [0.717, 1.165) is 69.1 Å². The number of rotatable bonds is 9. The molecule has 6 nitrogen and oxygen atoms in total. The van der Waals surface area contributed by atoms with Crippen molar-refractivity contribution >= 4 is 16.9 Å². The number of imidazole rings is 1. The Balaban J connectivity index is 1.61. The maximum absolute atomic E-state index is 13.7. The first-order valence-corrected chi connectivity index (χ1v) is 11.9. The van der Waals surface area contributed by atoms with Crippen LogP contribution in [0.25, 0.3) is 11.0 Å². The number of ether oxygens (including phenoxy) is 1. The number of carbonyl (C=O) groups excluding carboxylic acids is 1. The van der Waals surface area contributed by atoms with Gasteiger partial charge in [0.25, 0.3) is 5.91 Å². The Morgan fingerprint density at radius 2 is 1.94 bits per heavy atom. The van der Waals surface area contributed by atoms with Gasteiger partial charge in [0.2, 0.25) is 0 Å². The Bertz CT molecular complexity index is 1090. The van der Waals surface area contributed by atoms with E-state index in [9.17, 15) is 9.18 Å². The average Bonchev–Trinajstić information content (AvgIpc) is 3.15. The maximum atomic E-state index is 13.7. The minimum Gasteiger partial charge on any atom is -0.379 e. The molecule has 4 rings (SSSR count). The van der Waals surface area contributed by atoms with Crippen molar-refractivity contribution in [2.45, 2.75) is 46.3 Å². The molecule has 1 aliphatic rings. The van der Waals surface area contributed by atoms with Crippen LogP contribution in [0.4, 0.5) is 4.39 Å². The molecular weight excluding hydrogens is 419 g/mol. The fourth-order valence-electron chi connectivity index (χ4n) is 4.43. The number of hydrogen-bond acceptors (Lipinski definition) is 4. The van der Waals surface area contributed by atoms with Crippen molar-refractivity contribution in [3.8, 4) is 0 Å². The number of hydrogen-bond donors (Lipinski definition) is 0. The molecule has 0 radical (unpaired) electrons. The van der Waals surface area contributed by atoms with E-state index >= 15 is 0 Å². The molecule has 1 amide bonds. The highest BCUT2D eigenvalue weighted by molar-refractivity contribution is 5.94. The van der Waals surface area contributed by atoms with E-state index in [1.807, 2.05) is 6.92 Å². The lowest BCUT2D eigenvalue weighted by Gasteiger charge is -2.26. The molecule has 0 N–H and O–H groups in total. The molecule has 1 fully saturated rings. The molecule has 2 aromatic carbocycles. The normalized spacial score (nSPS) is 14.6. The summed E-state index contributed by atoms with van der Waals surface area (Å²) in [5.74, 6) is 0.302. The topological polar surface area (TPSA) is 50.6 Å². The molecule has 0 atom stereocenters. The summed E-state index contributed by atoms with van der Waals surface area (Å²) in [6, 6.07) is 12.4. The van der Waals surface area contributed by atoms with E-state index < -0.39 is 5.82 Å². The molecular formula is C26H33FN4O2. The number of aryl methyl sites for hydroxylation is 1. The molecule has 1 aliphatic heterocycles. The molecule has 176 valence electrons. The fraction of sp³-hybridized carbons (Fsp3) is 0.462. The first-order valence-electron chi connectivity index (χ1n) is 11.9. The summed E-state index contributed by atoms with van der Waals surface area (Å²) in [4.78, 5) is 22.3. The van der Waals surface area contributed by atoms with E-state index in [1.165, 1.54) is 17.7 Å². The van der Waals surface area contributed by atoms with Gasteiger partial charge in [0.15, 0.2) is 0 Å². The third-order valence-electron chi connectivity index (χ3n) is 6.03. The lowest BCUT2D eigenvalue weighted by Crippen LogP contribution is -2.35. The monoisotopic (exact) mass is 452 g/mol. The van der Waals surface area contributed by atoms with Crippen LogP contribution in [0.3, 0.4) is 0 Å². The second-order valence-corrected chi connectivity index (χ2v) is 8.63. The van der Waals surface area contributed by atoms with Crippen LogP contribution in [0, 0.1) is 5.82 Å². The van der Waals surface area contributed by atoms with Crippen LogP contribution in [-0.4, -0.2) is 58.1 Å². The summed E-state index contributed by atoms with van der Waals surface area (Å²) in [5, 5.41) is 0. The minimum atomic E-state index is -0.400. The van der Waals surface area contributed by atoms with Gasteiger partial charge in [0.05, 0.1) is 30.8 Å². The summed E-state index contributed by atoms with van der Waals surface area (Å²) in [6.07, 6.45) is 1.79. The zero-order valence-corrected chi connectivity index (χ0v) is 19.6. The van der Waals surface area contributed by atoms with Crippen molar-refractivity contribution in [2.75, 3.05) is 32.8 Å².